The highest BCUT2D eigenvalue weighted by Crippen LogP contribution is 2.31. The lowest BCUT2D eigenvalue weighted by atomic mass is 10.2. The second kappa shape index (κ2) is 10.00. The van der Waals surface area contributed by atoms with Gasteiger partial charge in [-0.2, -0.15) is 0 Å². The van der Waals surface area contributed by atoms with Crippen molar-refractivity contribution in [3.05, 3.63) is 57.3 Å². The van der Waals surface area contributed by atoms with Gasteiger partial charge in [0.15, 0.2) is 5.16 Å². The number of rotatable bonds is 8. The van der Waals surface area contributed by atoms with Crippen molar-refractivity contribution in [2.75, 3.05) is 19.4 Å². The molecule has 30 heavy (non-hydrogen) atoms. The Morgan fingerprint density at radius 2 is 2.07 bits per heavy atom. The smallest absolute Gasteiger partial charge is 0.266 e. The molecule has 158 valence electrons. The second-order valence-electron chi connectivity index (χ2n) is 6.82. The van der Waals surface area contributed by atoms with E-state index in [0.29, 0.717) is 39.1 Å². The zero-order valence-corrected chi connectivity index (χ0v) is 18.8. The SMILES string of the molecule is CCCCNC(=O)CSc1nc2ccccc2c(=O)n1-c1cc(C)c(Cl)cc1OC. The average Bonchev–Trinajstić information content (AvgIpc) is 2.74. The van der Waals surface area contributed by atoms with E-state index in [0.717, 1.165) is 18.4 Å². The molecule has 0 bridgehead atoms. The molecule has 1 N–H and O–H groups in total. The molecular weight excluding hydrogens is 422 g/mol. The van der Waals surface area contributed by atoms with E-state index in [1.54, 1.807) is 30.3 Å². The molecule has 0 aliphatic rings. The Labute approximate surface area is 184 Å². The summed E-state index contributed by atoms with van der Waals surface area (Å²) in [6, 6.07) is 10.6. The summed E-state index contributed by atoms with van der Waals surface area (Å²) in [4.78, 5) is 30.3. The average molecular weight is 446 g/mol. The van der Waals surface area contributed by atoms with Crippen LogP contribution in [-0.2, 0) is 4.79 Å². The number of ether oxygens (including phenoxy) is 1. The number of aryl methyl sites for hydroxylation is 1. The lowest BCUT2D eigenvalue weighted by molar-refractivity contribution is -0.118. The van der Waals surface area contributed by atoms with E-state index >= 15 is 0 Å². The number of fused-ring (bicyclic) bond motifs is 1. The van der Waals surface area contributed by atoms with Crippen LogP contribution >= 0.6 is 23.4 Å². The Kier molecular flexibility index (Phi) is 7.39. The van der Waals surface area contributed by atoms with Crippen LogP contribution in [0.25, 0.3) is 16.6 Å². The minimum absolute atomic E-state index is 0.0957. The highest BCUT2D eigenvalue weighted by Gasteiger charge is 2.18. The number of nitrogens with one attached hydrogen (secondary N) is 1. The number of nitrogens with zero attached hydrogens (tertiary/aromatic N) is 2. The molecule has 3 aromatic rings. The second-order valence-corrected chi connectivity index (χ2v) is 8.17. The van der Waals surface area contributed by atoms with Crippen LogP contribution in [0, 0.1) is 6.92 Å². The monoisotopic (exact) mass is 445 g/mol. The Morgan fingerprint density at radius 1 is 1.30 bits per heavy atom. The summed E-state index contributed by atoms with van der Waals surface area (Å²) in [6.45, 7) is 4.57. The van der Waals surface area contributed by atoms with Crippen LogP contribution in [0.2, 0.25) is 5.02 Å². The molecule has 0 aliphatic carbocycles. The highest BCUT2D eigenvalue weighted by atomic mass is 35.5. The van der Waals surface area contributed by atoms with E-state index in [9.17, 15) is 9.59 Å². The number of thioether (sulfide) groups is 1. The topological polar surface area (TPSA) is 73.2 Å². The zero-order chi connectivity index (χ0) is 21.7. The van der Waals surface area contributed by atoms with E-state index in [-0.39, 0.29) is 17.2 Å². The summed E-state index contributed by atoms with van der Waals surface area (Å²) in [5.41, 5.74) is 1.70. The maximum Gasteiger partial charge on any atom is 0.266 e. The summed E-state index contributed by atoms with van der Waals surface area (Å²) in [5.74, 6) is 0.518. The number of hydrogen-bond donors (Lipinski definition) is 1. The molecule has 0 radical (unpaired) electrons. The predicted octanol–water partition coefficient (Wildman–Crippen LogP) is 4.36. The molecular formula is C22H24ClN3O3S. The first-order valence-corrected chi connectivity index (χ1v) is 11.1. The van der Waals surface area contributed by atoms with Crippen LogP contribution in [0.15, 0.2) is 46.3 Å². The number of para-hydroxylation sites is 1. The van der Waals surface area contributed by atoms with Gasteiger partial charge < -0.3 is 10.1 Å². The van der Waals surface area contributed by atoms with Gasteiger partial charge in [-0.15, -0.1) is 0 Å². The first-order valence-electron chi connectivity index (χ1n) is 9.72. The van der Waals surface area contributed by atoms with Gasteiger partial charge in [0, 0.05) is 17.6 Å². The Bertz CT molecular complexity index is 1130. The number of aromatic nitrogens is 2. The number of benzene rings is 2. The first kappa shape index (κ1) is 22.2. The summed E-state index contributed by atoms with van der Waals surface area (Å²) in [5, 5.41) is 4.34. The van der Waals surface area contributed by atoms with Gasteiger partial charge in [-0.25, -0.2) is 4.98 Å². The van der Waals surface area contributed by atoms with Gasteiger partial charge in [0.05, 0.1) is 29.5 Å². The minimum atomic E-state index is -0.227. The molecule has 1 heterocycles. The molecule has 0 fully saturated rings. The van der Waals surface area contributed by atoms with Crippen LogP contribution < -0.4 is 15.6 Å². The fraction of sp³-hybridized carbons (Fsp3) is 0.318. The molecule has 8 heteroatoms. The van der Waals surface area contributed by atoms with Gasteiger partial charge in [-0.3, -0.25) is 14.2 Å². The number of halogens is 1. The summed E-state index contributed by atoms with van der Waals surface area (Å²) < 4.78 is 6.98. The van der Waals surface area contributed by atoms with Crippen molar-refractivity contribution in [1.29, 1.82) is 0 Å². The fourth-order valence-corrected chi connectivity index (χ4v) is 3.98. The van der Waals surface area contributed by atoms with Crippen molar-refractivity contribution in [3.63, 3.8) is 0 Å². The highest BCUT2D eigenvalue weighted by molar-refractivity contribution is 7.99. The van der Waals surface area contributed by atoms with Crippen molar-refractivity contribution >= 4 is 40.2 Å². The molecule has 1 amide bonds. The lowest BCUT2D eigenvalue weighted by Crippen LogP contribution is -2.27. The standard InChI is InChI=1S/C22H24ClN3O3S/c1-4-5-10-24-20(27)13-30-22-25-17-9-7-6-8-15(17)21(28)26(22)18-11-14(2)16(23)12-19(18)29-3/h6-9,11-12H,4-5,10,13H2,1-3H3,(H,24,27). The molecule has 1 aromatic heterocycles. The third-order valence-corrected chi connectivity index (χ3v) is 5.98. The van der Waals surface area contributed by atoms with Gasteiger partial charge in [-0.1, -0.05) is 48.8 Å². The molecule has 0 saturated heterocycles. The largest absolute Gasteiger partial charge is 0.495 e. The number of unbranched alkanes of at least 4 members (excludes halogenated alkanes) is 1. The lowest BCUT2D eigenvalue weighted by Gasteiger charge is -2.17. The van der Waals surface area contributed by atoms with Gasteiger partial charge in [0.25, 0.3) is 5.56 Å². The molecule has 0 atom stereocenters. The van der Waals surface area contributed by atoms with Crippen LogP contribution in [0.4, 0.5) is 0 Å². The van der Waals surface area contributed by atoms with Crippen LogP contribution in [0.1, 0.15) is 25.3 Å². The van der Waals surface area contributed by atoms with Crippen LogP contribution in [0.5, 0.6) is 5.75 Å². The Morgan fingerprint density at radius 3 is 2.80 bits per heavy atom. The van der Waals surface area contributed by atoms with Crippen molar-refractivity contribution in [1.82, 2.24) is 14.9 Å². The van der Waals surface area contributed by atoms with Gasteiger partial charge in [-0.05, 0) is 37.1 Å². The van der Waals surface area contributed by atoms with E-state index in [1.165, 1.54) is 23.4 Å². The summed E-state index contributed by atoms with van der Waals surface area (Å²) in [7, 11) is 1.53. The van der Waals surface area contributed by atoms with Crippen LogP contribution in [0.3, 0.4) is 0 Å². The minimum Gasteiger partial charge on any atom is -0.495 e. The number of hydrogen-bond acceptors (Lipinski definition) is 5. The number of amides is 1. The third kappa shape index (κ3) is 4.79. The fourth-order valence-electron chi connectivity index (χ4n) is 2.99. The molecule has 0 spiro atoms. The maximum absolute atomic E-state index is 13.4. The van der Waals surface area contributed by atoms with Gasteiger partial charge in [0.1, 0.15) is 5.75 Å². The van der Waals surface area contributed by atoms with Gasteiger partial charge in [0.2, 0.25) is 5.91 Å². The Balaban J connectivity index is 2.10. The van der Waals surface area contributed by atoms with E-state index in [2.05, 4.69) is 17.2 Å². The van der Waals surface area contributed by atoms with Crippen molar-refractivity contribution in [2.45, 2.75) is 31.8 Å². The maximum atomic E-state index is 13.4. The molecule has 0 aliphatic heterocycles. The summed E-state index contributed by atoms with van der Waals surface area (Å²) >= 11 is 7.47. The van der Waals surface area contributed by atoms with E-state index in [4.69, 9.17) is 16.3 Å². The molecule has 2 aromatic carbocycles. The normalized spacial score (nSPS) is 10.9. The van der Waals surface area contributed by atoms with Crippen molar-refractivity contribution in [2.24, 2.45) is 0 Å². The molecule has 0 unspecified atom stereocenters. The quantitative estimate of drug-likeness (QED) is 0.316. The number of methoxy groups -OCH3 is 1. The number of carbonyl (C=O) groups is 1. The van der Waals surface area contributed by atoms with E-state index < -0.39 is 0 Å². The van der Waals surface area contributed by atoms with Crippen molar-refractivity contribution in [3.8, 4) is 11.4 Å². The number of carbonyl (C=O) groups excluding carboxylic acids is 1. The Hall–Kier alpha value is -2.51. The summed E-state index contributed by atoms with van der Waals surface area (Å²) in [6.07, 6.45) is 1.94. The van der Waals surface area contributed by atoms with Crippen molar-refractivity contribution < 1.29 is 9.53 Å². The third-order valence-electron chi connectivity index (χ3n) is 4.63. The molecule has 3 rings (SSSR count). The predicted molar refractivity (Wildman–Crippen MR) is 122 cm³/mol. The van der Waals surface area contributed by atoms with E-state index in [1.807, 2.05) is 13.0 Å². The molecule has 6 nitrogen and oxygen atoms in total. The zero-order valence-electron chi connectivity index (χ0n) is 17.2. The van der Waals surface area contributed by atoms with Crippen LogP contribution in [-0.4, -0.2) is 34.9 Å². The van der Waals surface area contributed by atoms with Gasteiger partial charge >= 0.3 is 0 Å². The molecule has 0 saturated carbocycles. The first-order chi connectivity index (χ1) is 14.5.